The highest BCUT2D eigenvalue weighted by atomic mass is 32.1. The van der Waals surface area contributed by atoms with Crippen molar-refractivity contribution in [1.82, 2.24) is 31.1 Å². The first kappa shape index (κ1) is 52.4. The third-order valence-corrected chi connectivity index (χ3v) is 11.3. The summed E-state index contributed by atoms with van der Waals surface area (Å²) < 4.78 is 11.6. The van der Waals surface area contributed by atoms with Gasteiger partial charge in [0.2, 0.25) is 0 Å². The molecule has 12 heteroatoms. The van der Waals surface area contributed by atoms with Gasteiger partial charge in [0.05, 0.1) is 0 Å². The molecule has 0 saturated heterocycles. The quantitative estimate of drug-likeness (QED) is 0.0401. The number of benzene rings is 4. The van der Waals surface area contributed by atoms with E-state index in [1.54, 1.807) is 0 Å². The van der Waals surface area contributed by atoms with Gasteiger partial charge in [0.1, 0.15) is 11.2 Å². The molecular formula is C53H74N6O4S2. The molecule has 0 heterocycles. The van der Waals surface area contributed by atoms with Crippen LogP contribution in [0.3, 0.4) is 0 Å². The number of ether oxygens (including phenoxy) is 2. The van der Waals surface area contributed by atoms with Crippen LogP contribution in [-0.4, -0.2) is 95.8 Å². The first-order chi connectivity index (χ1) is 31.2. The average Bonchev–Trinajstić information content (AvgIpc) is 3.27. The molecule has 65 heavy (non-hydrogen) atoms. The van der Waals surface area contributed by atoms with Crippen molar-refractivity contribution < 1.29 is 19.1 Å². The minimum atomic E-state index is -0.583. The van der Waals surface area contributed by atoms with Gasteiger partial charge in [-0.25, -0.2) is 9.59 Å². The molecule has 2 amide bonds. The highest BCUT2D eigenvalue weighted by Gasteiger charge is 2.23. The van der Waals surface area contributed by atoms with E-state index in [1.165, 1.54) is 22.3 Å². The second kappa shape index (κ2) is 28.0. The summed E-state index contributed by atoms with van der Waals surface area (Å²) >= 11 is 11.3. The monoisotopic (exact) mass is 923 g/mol. The minimum absolute atomic E-state index is 0.162. The molecular weight excluding hydrogens is 849 g/mol. The summed E-state index contributed by atoms with van der Waals surface area (Å²) in [4.78, 5) is 30.1. The molecule has 4 N–H and O–H groups in total. The van der Waals surface area contributed by atoms with Gasteiger partial charge < -0.3 is 40.5 Å². The van der Waals surface area contributed by atoms with Crippen molar-refractivity contribution in [1.29, 1.82) is 0 Å². The third-order valence-electron chi connectivity index (χ3n) is 10.7. The van der Waals surface area contributed by atoms with Gasteiger partial charge in [-0.1, -0.05) is 141 Å². The highest BCUT2D eigenvalue weighted by molar-refractivity contribution is 7.80. The van der Waals surface area contributed by atoms with E-state index in [0.29, 0.717) is 62.6 Å². The van der Waals surface area contributed by atoms with Crippen molar-refractivity contribution in [3.63, 3.8) is 0 Å². The minimum Gasteiger partial charge on any atom is -0.444 e. The summed E-state index contributed by atoms with van der Waals surface area (Å²) in [6, 6.07) is 41.8. The number of thiocarbonyl (C=S) groups is 2. The van der Waals surface area contributed by atoms with Crippen LogP contribution in [0.1, 0.15) is 121 Å². The fraction of sp³-hybridized carbons (Fsp3) is 0.472. The molecule has 0 bridgehead atoms. The predicted molar refractivity (Wildman–Crippen MR) is 275 cm³/mol. The second-order valence-electron chi connectivity index (χ2n) is 18.4. The summed E-state index contributed by atoms with van der Waals surface area (Å²) in [5.74, 6) is 0.324. The first-order valence-electron chi connectivity index (χ1n) is 23.4. The van der Waals surface area contributed by atoms with Crippen LogP contribution in [0.5, 0.6) is 0 Å². The predicted octanol–water partition coefficient (Wildman–Crippen LogP) is 10.8. The molecule has 4 aromatic carbocycles. The lowest BCUT2D eigenvalue weighted by Gasteiger charge is -2.28. The molecule has 0 atom stereocenters. The maximum atomic E-state index is 13.2. The smallest absolute Gasteiger partial charge is 0.410 e. The molecule has 0 spiro atoms. The number of amides is 2. The number of hydrogen-bond donors (Lipinski definition) is 4. The lowest BCUT2D eigenvalue weighted by molar-refractivity contribution is 0.0238. The fourth-order valence-corrected chi connectivity index (χ4v) is 7.80. The van der Waals surface area contributed by atoms with Crippen LogP contribution in [-0.2, 0) is 9.47 Å². The van der Waals surface area contributed by atoms with Crippen LogP contribution in [0, 0.1) is 0 Å². The number of rotatable bonds is 24. The highest BCUT2D eigenvalue weighted by Crippen LogP contribution is 2.25. The number of nitrogens with zero attached hydrogens (tertiary/aromatic N) is 2. The normalized spacial score (nSPS) is 11.4. The molecule has 0 aliphatic heterocycles. The Labute approximate surface area is 400 Å². The molecule has 0 unspecified atom stereocenters. The summed E-state index contributed by atoms with van der Waals surface area (Å²) in [5.41, 5.74) is 3.75. The second-order valence-corrected chi connectivity index (χ2v) is 19.2. The summed E-state index contributed by atoms with van der Waals surface area (Å²) in [7, 11) is 0. The van der Waals surface area contributed by atoms with Crippen molar-refractivity contribution in [3.8, 4) is 0 Å². The summed E-state index contributed by atoms with van der Waals surface area (Å²) in [5, 5.41) is 14.7. The van der Waals surface area contributed by atoms with Gasteiger partial charge in [0.25, 0.3) is 0 Å². The summed E-state index contributed by atoms with van der Waals surface area (Å²) in [6.45, 7) is 16.3. The van der Waals surface area contributed by atoms with Crippen molar-refractivity contribution >= 4 is 46.8 Å². The van der Waals surface area contributed by atoms with E-state index in [9.17, 15) is 9.59 Å². The molecule has 352 valence electrons. The van der Waals surface area contributed by atoms with E-state index in [2.05, 4.69) is 118 Å². The van der Waals surface area contributed by atoms with E-state index >= 15 is 0 Å². The van der Waals surface area contributed by atoms with Crippen LogP contribution in [0.2, 0.25) is 0 Å². The van der Waals surface area contributed by atoms with Crippen molar-refractivity contribution in [3.05, 3.63) is 144 Å². The van der Waals surface area contributed by atoms with Crippen molar-refractivity contribution in [2.24, 2.45) is 0 Å². The van der Waals surface area contributed by atoms with E-state index in [-0.39, 0.29) is 24.0 Å². The zero-order chi connectivity index (χ0) is 46.9. The molecule has 0 saturated carbocycles. The molecule has 10 nitrogen and oxygen atoms in total. The number of nitrogens with one attached hydrogen (secondary N) is 4. The van der Waals surface area contributed by atoms with Gasteiger partial charge >= 0.3 is 12.2 Å². The molecule has 0 radical (unpaired) electrons. The molecule has 0 aliphatic rings. The Morgan fingerprint density at radius 2 is 0.723 bits per heavy atom. The Kier molecular flexibility index (Phi) is 22.6. The summed E-state index contributed by atoms with van der Waals surface area (Å²) in [6.07, 6.45) is 5.50. The zero-order valence-corrected chi connectivity index (χ0v) is 41.3. The van der Waals surface area contributed by atoms with Gasteiger partial charge in [-0.3, -0.25) is 0 Å². The van der Waals surface area contributed by atoms with E-state index in [0.717, 1.165) is 44.9 Å². The molecule has 4 aromatic rings. The third kappa shape index (κ3) is 21.1. The average molecular weight is 923 g/mol. The molecule has 0 aromatic heterocycles. The Morgan fingerprint density at radius 3 is 1.02 bits per heavy atom. The maximum Gasteiger partial charge on any atom is 0.410 e. The van der Waals surface area contributed by atoms with Crippen LogP contribution in [0.15, 0.2) is 121 Å². The topological polar surface area (TPSA) is 107 Å². The van der Waals surface area contributed by atoms with Crippen LogP contribution < -0.4 is 21.3 Å². The SMILES string of the molecule is CC(C)(C)OC(=O)N(CCCCCCCN(CCCNC(=S)NCC(c1ccccc1)c1ccccc1)C(=O)OC(C)(C)C)CCCNC(=S)NCC(c1ccccc1)c1ccccc1. The standard InChI is InChI=1S/C53H74N6O4S2/c1-52(2,3)62-50(60)58(38-24-34-54-48(64)56-40-46(42-26-14-10-15-27-42)43-28-16-11-17-29-43)36-22-8-7-9-23-37-59(51(61)63-53(4,5)6)39-25-35-55-49(65)57-41-47(44-30-18-12-19-31-44)45-32-20-13-21-33-45/h10-21,26-33,46-47H,7-9,22-25,34-41H2,1-6H3,(H2,54,56,64)(H2,55,57,65). The lowest BCUT2D eigenvalue weighted by Crippen LogP contribution is -2.41. The Bertz CT molecular complexity index is 1760. The van der Waals surface area contributed by atoms with Crippen LogP contribution >= 0.6 is 24.4 Å². The van der Waals surface area contributed by atoms with Crippen LogP contribution in [0.4, 0.5) is 9.59 Å². The van der Waals surface area contributed by atoms with E-state index in [4.69, 9.17) is 33.9 Å². The van der Waals surface area contributed by atoms with Gasteiger partial charge in [-0.05, 0) is 114 Å². The Morgan fingerprint density at radius 1 is 0.446 bits per heavy atom. The van der Waals surface area contributed by atoms with Crippen molar-refractivity contribution in [2.45, 2.75) is 110 Å². The number of hydrogen-bond acceptors (Lipinski definition) is 6. The molecule has 4 rings (SSSR count). The maximum absolute atomic E-state index is 13.2. The largest absolute Gasteiger partial charge is 0.444 e. The Hall–Kier alpha value is -5.20. The van der Waals surface area contributed by atoms with E-state index < -0.39 is 11.2 Å². The van der Waals surface area contributed by atoms with E-state index in [1.807, 2.05) is 75.6 Å². The van der Waals surface area contributed by atoms with Crippen LogP contribution in [0.25, 0.3) is 0 Å². The van der Waals surface area contributed by atoms with Gasteiger partial charge in [-0.15, -0.1) is 0 Å². The zero-order valence-electron chi connectivity index (χ0n) is 39.7. The van der Waals surface area contributed by atoms with Gasteiger partial charge in [-0.2, -0.15) is 0 Å². The molecule has 0 aliphatic carbocycles. The fourth-order valence-electron chi connectivity index (χ4n) is 7.43. The molecule has 0 fully saturated rings. The lowest BCUT2D eigenvalue weighted by atomic mass is 9.91. The first-order valence-corrected chi connectivity index (χ1v) is 24.2. The van der Waals surface area contributed by atoms with Gasteiger partial charge in [0.15, 0.2) is 10.2 Å². The van der Waals surface area contributed by atoms with Gasteiger partial charge in [0, 0.05) is 64.2 Å². The number of unbranched alkanes of at least 4 members (excludes halogenated alkanes) is 4. The van der Waals surface area contributed by atoms with Crippen molar-refractivity contribution in [2.75, 3.05) is 52.4 Å². The number of carbonyl (C=O) groups is 2. The number of carbonyl (C=O) groups excluding carboxylic acids is 2. The Balaban J connectivity index is 1.16.